The van der Waals surface area contributed by atoms with E-state index >= 15 is 0 Å². The number of sulfonamides is 1. The van der Waals surface area contributed by atoms with Gasteiger partial charge in [-0.3, -0.25) is 4.79 Å². The highest BCUT2D eigenvalue weighted by molar-refractivity contribution is 7.90. The largest absolute Gasteiger partial charge is 0.475 e. The molecule has 3 aromatic rings. The maximum Gasteiger partial charge on any atom is 0.281 e. The van der Waals surface area contributed by atoms with Crippen LogP contribution in [0.4, 0.5) is 11.6 Å². The summed E-state index contributed by atoms with van der Waals surface area (Å²) < 4.78 is 33.8. The average molecular weight is 539 g/mol. The number of rotatable bonds is 7. The predicted molar refractivity (Wildman–Crippen MR) is 146 cm³/mol. The normalized spacial score (nSPS) is 17.0. The van der Waals surface area contributed by atoms with Gasteiger partial charge in [-0.1, -0.05) is 13.0 Å². The molecule has 0 saturated carbocycles. The van der Waals surface area contributed by atoms with Gasteiger partial charge in [-0.15, -0.1) is 0 Å². The molecule has 1 unspecified atom stereocenters. The van der Waals surface area contributed by atoms with Crippen LogP contribution in [0.2, 0.25) is 0 Å². The molecular weight excluding hydrogens is 504 g/mol. The number of nitrogens with zero attached hydrogens (tertiary/aromatic N) is 4. The van der Waals surface area contributed by atoms with Crippen LogP contribution in [-0.4, -0.2) is 47.5 Å². The Hall–Kier alpha value is -3.73. The van der Waals surface area contributed by atoms with Crippen LogP contribution in [0.15, 0.2) is 47.5 Å². The minimum Gasteiger partial charge on any atom is -0.475 e. The van der Waals surface area contributed by atoms with E-state index in [1.165, 1.54) is 18.2 Å². The molecule has 4 rings (SSSR count). The van der Waals surface area contributed by atoms with E-state index in [0.717, 1.165) is 12.0 Å². The fraction of sp³-hybridized carbons (Fsp3) is 0.407. The first-order valence-electron chi connectivity index (χ1n) is 12.5. The number of aryl methyl sites for hydroxylation is 1. The molecular formula is C27H34N6O4S. The second-order valence-corrected chi connectivity index (χ2v) is 12.1. The van der Waals surface area contributed by atoms with Crippen molar-refractivity contribution in [2.45, 2.75) is 64.6 Å². The van der Waals surface area contributed by atoms with Crippen LogP contribution in [-0.2, 0) is 10.0 Å². The molecule has 1 amide bonds. The number of ether oxygens (including phenoxy) is 1. The SMILES string of the molecule is Cc1cc(OC(C)C)nc(-c2ccc(C(=O)NS(=O)(=O)c3cccc(N)n3)c(N3CCC(C)C3(C)C)n2)c1. The lowest BCUT2D eigenvalue weighted by Crippen LogP contribution is -2.43. The fourth-order valence-corrected chi connectivity index (χ4v) is 5.40. The molecule has 3 N–H and O–H groups in total. The van der Waals surface area contributed by atoms with Crippen LogP contribution in [0.25, 0.3) is 11.4 Å². The molecule has 0 spiro atoms. The number of pyridine rings is 3. The molecule has 1 aliphatic rings. The molecule has 202 valence electrons. The van der Waals surface area contributed by atoms with Gasteiger partial charge in [0.1, 0.15) is 11.6 Å². The van der Waals surface area contributed by atoms with Gasteiger partial charge in [-0.25, -0.2) is 19.7 Å². The number of carbonyl (C=O) groups excluding carboxylic acids is 1. The monoisotopic (exact) mass is 538 g/mol. The van der Waals surface area contributed by atoms with Gasteiger partial charge in [-0.2, -0.15) is 8.42 Å². The lowest BCUT2D eigenvalue weighted by atomic mass is 9.90. The number of carbonyl (C=O) groups is 1. The Bertz CT molecular complexity index is 1470. The highest BCUT2D eigenvalue weighted by Gasteiger charge is 2.41. The molecule has 11 heteroatoms. The van der Waals surface area contributed by atoms with E-state index in [1.54, 1.807) is 12.1 Å². The summed E-state index contributed by atoms with van der Waals surface area (Å²) in [5.41, 5.74) is 7.55. The van der Waals surface area contributed by atoms with Gasteiger partial charge in [-0.05, 0) is 82.9 Å². The first kappa shape index (κ1) is 27.3. The standard InChI is InChI=1S/C27H34N6O4S/c1-16(2)37-23-15-17(3)14-21(29-23)20-11-10-19(25(30-20)33-13-12-18(4)27(33,5)6)26(34)32-38(35,36)24-9-7-8-22(28)31-24/h7-11,14-16,18H,12-13H2,1-6H3,(H2,28,31)(H,32,34). The molecule has 38 heavy (non-hydrogen) atoms. The predicted octanol–water partition coefficient (Wildman–Crippen LogP) is 3.96. The smallest absolute Gasteiger partial charge is 0.281 e. The van der Waals surface area contributed by atoms with Crippen molar-refractivity contribution in [3.8, 4) is 17.3 Å². The van der Waals surface area contributed by atoms with Gasteiger partial charge in [0.25, 0.3) is 15.9 Å². The van der Waals surface area contributed by atoms with Crippen LogP contribution in [0.3, 0.4) is 0 Å². The summed E-state index contributed by atoms with van der Waals surface area (Å²) in [4.78, 5) is 28.8. The quantitative estimate of drug-likeness (QED) is 0.457. The second kappa shape index (κ2) is 10.2. The maximum absolute atomic E-state index is 13.4. The number of aromatic nitrogens is 3. The molecule has 1 fully saturated rings. The molecule has 1 saturated heterocycles. The number of amides is 1. The Morgan fingerprint density at radius 2 is 1.87 bits per heavy atom. The highest BCUT2D eigenvalue weighted by Crippen LogP contribution is 2.39. The van der Waals surface area contributed by atoms with Gasteiger partial charge in [0.05, 0.1) is 23.1 Å². The van der Waals surface area contributed by atoms with Gasteiger partial charge in [0, 0.05) is 18.2 Å². The lowest BCUT2D eigenvalue weighted by Gasteiger charge is -2.36. The Kier molecular flexibility index (Phi) is 7.33. The zero-order chi connectivity index (χ0) is 27.8. The fourth-order valence-electron chi connectivity index (χ4n) is 4.46. The molecule has 0 aliphatic carbocycles. The Morgan fingerprint density at radius 3 is 2.50 bits per heavy atom. The number of nitrogens with one attached hydrogen (secondary N) is 1. The van der Waals surface area contributed by atoms with Crippen molar-refractivity contribution in [2.75, 3.05) is 17.2 Å². The third-order valence-corrected chi connectivity index (χ3v) is 8.11. The highest BCUT2D eigenvalue weighted by atomic mass is 32.2. The van der Waals surface area contributed by atoms with Crippen molar-refractivity contribution in [3.05, 3.63) is 53.6 Å². The molecule has 3 aromatic heterocycles. The molecule has 0 aromatic carbocycles. The Labute approximate surface area is 223 Å². The van der Waals surface area contributed by atoms with E-state index < -0.39 is 15.9 Å². The lowest BCUT2D eigenvalue weighted by molar-refractivity contribution is 0.0981. The second-order valence-electron chi connectivity index (χ2n) is 10.4. The number of nitrogen functional groups attached to an aromatic ring is 1. The summed E-state index contributed by atoms with van der Waals surface area (Å²) in [7, 11) is -4.26. The summed E-state index contributed by atoms with van der Waals surface area (Å²) in [5, 5.41) is -0.339. The number of hydrogen-bond acceptors (Lipinski definition) is 9. The summed E-state index contributed by atoms with van der Waals surface area (Å²) in [6.45, 7) is 12.8. The zero-order valence-electron chi connectivity index (χ0n) is 22.5. The molecule has 4 heterocycles. The summed E-state index contributed by atoms with van der Waals surface area (Å²) in [6, 6.07) is 11.2. The zero-order valence-corrected chi connectivity index (χ0v) is 23.3. The van der Waals surface area contributed by atoms with Crippen molar-refractivity contribution in [1.29, 1.82) is 0 Å². The van der Waals surface area contributed by atoms with E-state index in [1.807, 2.05) is 32.9 Å². The molecule has 0 bridgehead atoms. The van der Waals surface area contributed by atoms with Crippen molar-refractivity contribution in [2.24, 2.45) is 5.92 Å². The van der Waals surface area contributed by atoms with Crippen LogP contribution < -0.4 is 20.1 Å². The minimum absolute atomic E-state index is 0.0336. The summed E-state index contributed by atoms with van der Waals surface area (Å²) in [6.07, 6.45) is 0.857. The first-order valence-corrected chi connectivity index (χ1v) is 14.0. The van der Waals surface area contributed by atoms with Gasteiger partial charge in [0.2, 0.25) is 5.88 Å². The number of anilines is 2. The number of nitrogens with two attached hydrogens (primary N) is 1. The van der Waals surface area contributed by atoms with E-state index in [0.29, 0.717) is 35.5 Å². The first-order chi connectivity index (χ1) is 17.8. The minimum atomic E-state index is -4.26. The van der Waals surface area contributed by atoms with Crippen LogP contribution in [0, 0.1) is 12.8 Å². The third kappa shape index (κ3) is 5.57. The summed E-state index contributed by atoms with van der Waals surface area (Å²) >= 11 is 0. The molecule has 1 atom stereocenters. The van der Waals surface area contributed by atoms with E-state index in [2.05, 4.69) is 40.4 Å². The topological polar surface area (TPSA) is 140 Å². The van der Waals surface area contributed by atoms with Crippen molar-refractivity contribution in [1.82, 2.24) is 19.7 Å². The van der Waals surface area contributed by atoms with Crippen LogP contribution in [0.1, 0.15) is 57.0 Å². The average Bonchev–Trinajstić information content (AvgIpc) is 3.09. The Balaban J connectivity index is 1.79. The number of hydrogen-bond donors (Lipinski definition) is 2. The van der Waals surface area contributed by atoms with Crippen LogP contribution >= 0.6 is 0 Å². The molecule has 0 radical (unpaired) electrons. The molecule has 1 aliphatic heterocycles. The van der Waals surface area contributed by atoms with Crippen molar-refractivity contribution in [3.63, 3.8) is 0 Å². The Morgan fingerprint density at radius 1 is 1.13 bits per heavy atom. The van der Waals surface area contributed by atoms with Crippen molar-refractivity contribution >= 4 is 27.6 Å². The van der Waals surface area contributed by atoms with Gasteiger partial charge >= 0.3 is 0 Å². The van der Waals surface area contributed by atoms with Crippen molar-refractivity contribution < 1.29 is 17.9 Å². The maximum atomic E-state index is 13.4. The van der Waals surface area contributed by atoms with Gasteiger partial charge < -0.3 is 15.4 Å². The van der Waals surface area contributed by atoms with E-state index in [-0.39, 0.29) is 28.1 Å². The third-order valence-electron chi connectivity index (χ3n) is 6.88. The van der Waals surface area contributed by atoms with Crippen LogP contribution in [0.5, 0.6) is 5.88 Å². The molecule has 10 nitrogen and oxygen atoms in total. The van der Waals surface area contributed by atoms with E-state index in [4.69, 9.17) is 15.5 Å². The van der Waals surface area contributed by atoms with E-state index in [9.17, 15) is 13.2 Å². The van der Waals surface area contributed by atoms with Gasteiger partial charge in [0.15, 0.2) is 5.03 Å². The summed E-state index contributed by atoms with van der Waals surface area (Å²) in [5.74, 6) is 0.425.